The van der Waals surface area contributed by atoms with Crippen molar-refractivity contribution in [3.05, 3.63) is 81.7 Å². The lowest BCUT2D eigenvalue weighted by Crippen LogP contribution is -2.42. The van der Waals surface area contributed by atoms with Crippen molar-refractivity contribution < 1.29 is 14.3 Å². The first kappa shape index (κ1) is 19.6. The number of benzene rings is 1. The van der Waals surface area contributed by atoms with Gasteiger partial charge in [0.15, 0.2) is 0 Å². The average molecular weight is 421 g/mol. The standard InChI is InChI=1S/C21H19N5O3S/c1-13-6-8-15(9-7-13)29-11-18-23-16(12-30-18)20(27)24-25-21(28)19-14(2)22-17-5-3-4-10-26(17)19/h3-10,12H,11H2,1-2H3,(H,24,27)(H,25,28). The lowest BCUT2D eigenvalue weighted by molar-refractivity contribution is 0.0840. The van der Waals surface area contributed by atoms with Gasteiger partial charge in [0.2, 0.25) is 0 Å². The number of fused-ring (bicyclic) bond motifs is 1. The first-order valence-corrected chi connectivity index (χ1v) is 10.1. The quantitative estimate of drug-likeness (QED) is 0.483. The van der Waals surface area contributed by atoms with E-state index in [4.69, 9.17) is 4.74 Å². The van der Waals surface area contributed by atoms with E-state index in [1.54, 1.807) is 35.0 Å². The molecule has 0 unspecified atom stereocenters. The maximum Gasteiger partial charge on any atom is 0.289 e. The van der Waals surface area contributed by atoms with Crippen molar-refractivity contribution >= 4 is 28.8 Å². The summed E-state index contributed by atoms with van der Waals surface area (Å²) in [5, 5.41) is 2.28. The molecule has 8 nitrogen and oxygen atoms in total. The van der Waals surface area contributed by atoms with Crippen molar-refractivity contribution in [1.82, 2.24) is 25.2 Å². The number of carbonyl (C=O) groups excluding carboxylic acids is 2. The van der Waals surface area contributed by atoms with Gasteiger partial charge < -0.3 is 4.74 Å². The molecule has 0 saturated carbocycles. The number of thiazole rings is 1. The first-order chi connectivity index (χ1) is 14.5. The second kappa shape index (κ2) is 8.34. The summed E-state index contributed by atoms with van der Waals surface area (Å²) < 4.78 is 7.34. The molecule has 2 N–H and O–H groups in total. The Morgan fingerprint density at radius 2 is 1.80 bits per heavy atom. The fraction of sp³-hybridized carbons (Fsp3) is 0.143. The Balaban J connectivity index is 1.35. The van der Waals surface area contributed by atoms with E-state index in [-0.39, 0.29) is 12.3 Å². The topological polar surface area (TPSA) is 97.6 Å². The van der Waals surface area contributed by atoms with Crippen LogP contribution in [0.2, 0.25) is 0 Å². The molecule has 2 amide bonds. The van der Waals surface area contributed by atoms with Gasteiger partial charge in [0.1, 0.15) is 34.4 Å². The minimum Gasteiger partial charge on any atom is -0.486 e. The van der Waals surface area contributed by atoms with Crippen LogP contribution in [0.5, 0.6) is 5.75 Å². The molecule has 0 saturated heterocycles. The minimum atomic E-state index is -0.507. The second-order valence-electron chi connectivity index (χ2n) is 6.61. The van der Waals surface area contributed by atoms with Gasteiger partial charge in [-0.1, -0.05) is 23.8 Å². The summed E-state index contributed by atoms with van der Waals surface area (Å²) in [6.45, 7) is 4.00. The van der Waals surface area contributed by atoms with Gasteiger partial charge in [0, 0.05) is 11.6 Å². The molecule has 152 valence electrons. The molecular formula is C21H19N5O3S. The molecule has 1 aromatic carbocycles. The molecule has 4 rings (SSSR count). The number of aromatic nitrogens is 3. The van der Waals surface area contributed by atoms with Crippen LogP contribution in [0.1, 0.15) is 37.2 Å². The van der Waals surface area contributed by atoms with E-state index in [1.165, 1.54) is 11.3 Å². The van der Waals surface area contributed by atoms with Crippen LogP contribution in [-0.2, 0) is 6.61 Å². The van der Waals surface area contributed by atoms with Gasteiger partial charge in [-0.2, -0.15) is 0 Å². The molecule has 0 radical (unpaired) electrons. The van der Waals surface area contributed by atoms with Crippen molar-refractivity contribution in [1.29, 1.82) is 0 Å². The third-order valence-electron chi connectivity index (χ3n) is 4.38. The zero-order chi connectivity index (χ0) is 21.1. The van der Waals surface area contributed by atoms with Gasteiger partial charge in [-0.05, 0) is 38.1 Å². The summed E-state index contributed by atoms with van der Waals surface area (Å²) in [6, 6.07) is 13.1. The Kier molecular flexibility index (Phi) is 5.44. The van der Waals surface area contributed by atoms with E-state index in [1.807, 2.05) is 37.3 Å². The number of rotatable bonds is 5. The van der Waals surface area contributed by atoms with Gasteiger partial charge in [-0.3, -0.25) is 24.8 Å². The third kappa shape index (κ3) is 4.15. The molecular weight excluding hydrogens is 402 g/mol. The number of hydrogen-bond donors (Lipinski definition) is 2. The van der Waals surface area contributed by atoms with Crippen LogP contribution < -0.4 is 15.6 Å². The van der Waals surface area contributed by atoms with Crippen LogP contribution in [0, 0.1) is 13.8 Å². The van der Waals surface area contributed by atoms with E-state index in [9.17, 15) is 9.59 Å². The van der Waals surface area contributed by atoms with Gasteiger partial charge in [-0.15, -0.1) is 11.3 Å². The number of pyridine rings is 1. The lowest BCUT2D eigenvalue weighted by Gasteiger charge is -2.06. The molecule has 30 heavy (non-hydrogen) atoms. The number of hydrazine groups is 1. The number of nitrogens with one attached hydrogen (secondary N) is 2. The summed E-state index contributed by atoms with van der Waals surface area (Å²) in [5.41, 5.74) is 7.76. The van der Waals surface area contributed by atoms with Crippen LogP contribution in [0.25, 0.3) is 5.65 Å². The molecule has 0 atom stereocenters. The summed E-state index contributed by atoms with van der Waals surface area (Å²) >= 11 is 1.31. The molecule has 0 aliphatic carbocycles. The van der Waals surface area contributed by atoms with Crippen molar-refractivity contribution in [2.24, 2.45) is 0 Å². The smallest absolute Gasteiger partial charge is 0.289 e. The zero-order valence-electron chi connectivity index (χ0n) is 16.4. The highest BCUT2D eigenvalue weighted by Crippen LogP contribution is 2.16. The predicted molar refractivity (Wildman–Crippen MR) is 112 cm³/mol. The summed E-state index contributed by atoms with van der Waals surface area (Å²) in [7, 11) is 0. The van der Waals surface area contributed by atoms with Crippen LogP contribution in [0.3, 0.4) is 0 Å². The van der Waals surface area contributed by atoms with E-state index in [0.29, 0.717) is 22.0 Å². The van der Waals surface area contributed by atoms with Crippen LogP contribution >= 0.6 is 11.3 Å². The largest absolute Gasteiger partial charge is 0.486 e. The van der Waals surface area contributed by atoms with Gasteiger partial charge in [0.25, 0.3) is 11.8 Å². The maximum absolute atomic E-state index is 12.5. The zero-order valence-corrected chi connectivity index (χ0v) is 17.2. The minimum absolute atomic E-state index is 0.206. The molecule has 0 aliphatic rings. The Bertz CT molecular complexity index is 1210. The number of hydrogen-bond acceptors (Lipinski definition) is 6. The second-order valence-corrected chi connectivity index (χ2v) is 7.55. The summed E-state index contributed by atoms with van der Waals surface area (Å²) in [4.78, 5) is 33.5. The molecule has 3 aromatic heterocycles. The van der Waals surface area contributed by atoms with Gasteiger partial charge >= 0.3 is 0 Å². The molecule has 0 aliphatic heterocycles. The third-order valence-corrected chi connectivity index (χ3v) is 5.20. The fourth-order valence-electron chi connectivity index (χ4n) is 2.88. The Labute approximate surface area is 176 Å². The monoisotopic (exact) mass is 421 g/mol. The highest BCUT2D eigenvalue weighted by molar-refractivity contribution is 7.09. The number of aryl methyl sites for hydroxylation is 2. The summed E-state index contributed by atoms with van der Waals surface area (Å²) in [6.07, 6.45) is 1.74. The fourth-order valence-corrected chi connectivity index (χ4v) is 3.57. The molecule has 0 fully saturated rings. The van der Waals surface area contributed by atoms with Crippen LogP contribution in [0.15, 0.2) is 54.0 Å². The van der Waals surface area contributed by atoms with E-state index >= 15 is 0 Å². The lowest BCUT2D eigenvalue weighted by atomic mass is 10.2. The predicted octanol–water partition coefficient (Wildman–Crippen LogP) is 3.06. The molecule has 0 bridgehead atoms. The molecule has 0 spiro atoms. The maximum atomic E-state index is 12.5. The van der Waals surface area contributed by atoms with Crippen molar-refractivity contribution in [3.63, 3.8) is 0 Å². The molecule has 4 aromatic rings. The average Bonchev–Trinajstić information content (AvgIpc) is 3.35. The SMILES string of the molecule is Cc1ccc(OCc2nc(C(=O)NNC(=O)c3c(C)nc4ccccn34)cs2)cc1. The highest BCUT2D eigenvalue weighted by atomic mass is 32.1. The number of nitrogens with zero attached hydrogens (tertiary/aromatic N) is 3. The van der Waals surface area contributed by atoms with E-state index in [0.717, 1.165) is 11.3 Å². The van der Waals surface area contributed by atoms with Crippen LogP contribution in [-0.4, -0.2) is 26.2 Å². The number of carbonyl (C=O) groups is 2. The highest BCUT2D eigenvalue weighted by Gasteiger charge is 2.18. The summed E-state index contributed by atoms with van der Waals surface area (Å²) in [5.74, 6) is -0.233. The number of imidazole rings is 1. The van der Waals surface area contributed by atoms with E-state index in [2.05, 4.69) is 20.8 Å². The Morgan fingerprint density at radius 3 is 2.60 bits per heavy atom. The van der Waals surface area contributed by atoms with Crippen molar-refractivity contribution in [3.8, 4) is 5.75 Å². The Morgan fingerprint density at radius 1 is 1.03 bits per heavy atom. The van der Waals surface area contributed by atoms with Gasteiger partial charge in [0.05, 0.1) is 5.69 Å². The van der Waals surface area contributed by atoms with E-state index < -0.39 is 11.8 Å². The first-order valence-electron chi connectivity index (χ1n) is 9.19. The number of amides is 2. The number of ether oxygens (including phenoxy) is 1. The van der Waals surface area contributed by atoms with Crippen molar-refractivity contribution in [2.75, 3.05) is 0 Å². The molecule has 9 heteroatoms. The van der Waals surface area contributed by atoms with Crippen LogP contribution in [0.4, 0.5) is 0 Å². The molecule has 3 heterocycles. The van der Waals surface area contributed by atoms with Crippen molar-refractivity contribution in [2.45, 2.75) is 20.5 Å². The Hall–Kier alpha value is -3.72. The normalized spacial score (nSPS) is 10.7. The van der Waals surface area contributed by atoms with Gasteiger partial charge in [-0.25, -0.2) is 9.97 Å².